The van der Waals surface area contributed by atoms with Crippen LogP contribution in [-0.4, -0.2) is 57.6 Å². The highest BCUT2D eigenvalue weighted by molar-refractivity contribution is 6.43. The fraction of sp³-hybridized carbons (Fsp3) is 0.458. The molecule has 1 saturated heterocycles. The van der Waals surface area contributed by atoms with Crippen molar-refractivity contribution in [2.75, 3.05) is 56.6 Å². The third-order valence-electron chi connectivity index (χ3n) is 5.26. The number of unbranched alkanes of at least 4 members (excludes halogenated alkanes) is 1. The normalized spacial score (nSPS) is 13.9. The van der Waals surface area contributed by atoms with Crippen LogP contribution < -0.4 is 15.0 Å². The Bertz CT molecular complexity index is 824. The summed E-state index contributed by atoms with van der Waals surface area (Å²) in [5.74, 6) is 0.932. The molecule has 7 heteroatoms. The Hall–Kier alpha value is -1.95. The molecule has 2 aromatic carbocycles. The summed E-state index contributed by atoms with van der Waals surface area (Å²) >= 11 is 12.5. The molecule has 170 valence electrons. The first-order valence-corrected chi connectivity index (χ1v) is 11.5. The van der Waals surface area contributed by atoms with Crippen molar-refractivity contribution in [3.05, 3.63) is 52.0 Å². The van der Waals surface area contributed by atoms with E-state index in [0.717, 1.165) is 75.6 Å². The molecule has 0 unspecified atom stereocenters. The number of ether oxygens (including phenoxy) is 1. The number of nitrogens with one attached hydrogen (secondary N) is 1. The van der Waals surface area contributed by atoms with Gasteiger partial charge in [0.1, 0.15) is 12.0 Å². The van der Waals surface area contributed by atoms with Crippen LogP contribution in [0.1, 0.15) is 25.3 Å². The van der Waals surface area contributed by atoms with Crippen LogP contribution in [0.4, 0.5) is 11.4 Å². The van der Waals surface area contributed by atoms with Gasteiger partial charge < -0.3 is 19.7 Å². The lowest BCUT2D eigenvalue weighted by Crippen LogP contribution is -2.46. The molecule has 1 aliphatic heterocycles. The Kier molecular flexibility index (Phi) is 11.0. The van der Waals surface area contributed by atoms with E-state index in [9.17, 15) is 0 Å². The maximum Gasteiger partial charge on any atom is 0.121 e. The van der Waals surface area contributed by atoms with Gasteiger partial charge in [-0.15, -0.1) is 0 Å². The summed E-state index contributed by atoms with van der Waals surface area (Å²) in [5, 5.41) is 4.48. The van der Waals surface area contributed by atoms with Gasteiger partial charge in [0, 0.05) is 45.0 Å². The summed E-state index contributed by atoms with van der Waals surface area (Å²) in [7, 11) is 1.94. The first-order valence-electron chi connectivity index (χ1n) is 10.7. The first-order chi connectivity index (χ1) is 15.0. The topological polar surface area (TPSA) is 44.8 Å². The number of carbonyl (C=O) groups excluding carboxylic acids is 1. The Morgan fingerprint density at radius 2 is 1.81 bits per heavy atom. The summed E-state index contributed by atoms with van der Waals surface area (Å²) in [4.78, 5) is 13.6. The monoisotopic (exact) mass is 465 g/mol. The maximum absolute atomic E-state index is 8.81. The summed E-state index contributed by atoms with van der Waals surface area (Å²) < 4.78 is 5.90. The molecule has 31 heavy (non-hydrogen) atoms. The van der Waals surface area contributed by atoms with E-state index in [4.69, 9.17) is 32.7 Å². The fourth-order valence-corrected chi connectivity index (χ4v) is 3.95. The van der Waals surface area contributed by atoms with E-state index in [2.05, 4.69) is 34.2 Å². The van der Waals surface area contributed by atoms with Crippen LogP contribution in [-0.2, 0) is 4.79 Å². The summed E-state index contributed by atoms with van der Waals surface area (Å²) in [6.45, 7) is 9.45. The number of piperazine rings is 1. The maximum atomic E-state index is 8.81. The Balaban J connectivity index is 0.00000107. The predicted octanol–water partition coefficient (Wildman–Crippen LogP) is 5.53. The molecule has 1 heterocycles. The van der Waals surface area contributed by atoms with Crippen LogP contribution in [0.15, 0.2) is 36.4 Å². The lowest BCUT2D eigenvalue weighted by Gasteiger charge is -2.36. The van der Waals surface area contributed by atoms with Crippen LogP contribution in [0, 0.1) is 6.92 Å². The minimum Gasteiger partial charge on any atom is -0.494 e. The molecule has 0 amide bonds. The average molecular weight is 466 g/mol. The number of aldehydes is 1. The number of hydrogen-bond acceptors (Lipinski definition) is 5. The van der Waals surface area contributed by atoms with Crippen molar-refractivity contribution in [2.45, 2.75) is 26.7 Å². The van der Waals surface area contributed by atoms with Crippen LogP contribution >= 0.6 is 23.2 Å². The summed E-state index contributed by atoms with van der Waals surface area (Å²) in [6, 6.07) is 12.0. The molecule has 0 spiro atoms. The van der Waals surface area contributed by atoms with Crippen molar-refractivity contribution in [3.63, 3.8) is 0 Å². The SMILES string of the molecule is CC=O.CNc1cc(OCCCCN2CCN(c3cccc(Cl)c3Cl)CC2)ccc1C. The van der Waals surface area contributed by atoms with E-state index in [-0.39, 0.29) is 0 Å². The van der Waals surface area contributed by atoms with Gasteiger partial charge in [0.05, 0.1) is 22.3 Å². The predicted molar refractivity (Wildman–Crippen MR) is 132 cm³/mol. The molecule has 2 aromatic rings. The van der Waals surface area contributed by atoms with Gasteiger partial charge in [-0.2, -0.15) is 0 Å². The van der Waals surface area contributed by atoms with Crippen molar-refractivity contribution in [1.29, 1.82) is 0 Å². The van der Waals surface area contributed by atoms with E-state index >= 15 is 0 Å². The number of nitrogens with zero attached hydrogens (tertiary/aromatic N) is 2. The lowest BCUT2D eigenvalue weighted by atomic mass is 10.2. The fourth-order valence-electron chi connectivity index (χ4n) is 3.54. The minimum absolute atomic E-state index is 0.622. The van der Waals surface area contributed by atoms with E-state index in [1.165, 1.54) is 12.5 Å². The van der Waals surface area contributed by atoms with Crippen molar-refractivity contribution in [3.8, 4) is 5.75 Å². The zero-order valence-electron chi connectivity index (χ0n) is 18.7. The molecular formula is C24H33Cl2N3O2. The second-order valence-corrected chi connectivity index (χ2v) is 8.20. The van der Waals surface area contributed by atoms with Gasteiger partial charge >= 0.3 is 0 Å². The van der Waals surface area contributed by atoms with Crippen molar-refractivity contribution < 1.29 is 9.53 Å². The first kappa shape index (κ1) is 25.3. The lowest BCUT2D eigenvalue weighted by molar-refractivity contribution is -0.106. The number of benzene rings is 2. The van der Waals surface area contributed by atoms with Crippen molar-refractivity contribution >= 4 is 40.9 Å². The molecular weight excluding hydrogens is 433 g/mol. The van der Waals surface area contributed by atoms with Gasteiger partial charge in [-0.05, 0) is 57.0 Å². The van der Waals surface area contributed by atoms with Crippen LogP contribution in [0.25, 0.3) is 0 Å². The smallest absolute Gasteiger partial charge is 0.121 e. The molecule has 0 aliphatic carbocycles. The second-order valence-electron chi connectivity index (χ2n) is 7.42. The number of carbonyl (C=O) groups is 1. The number of hydrogen-bond donors (Lipinski definition) is 1. The Morgan fingerprint density at radius 1 is 1.10 bits per heavy atom. The van der Waals surface area contributed by atoms with Crippen LogP contribution in [0.2, 0.25) is 10.0 Å². The van der Waals surface area contributed by atoms with E-state index < -0.39 is 0 Å². The molecule has 0 bridgehead atoms. The molecule has 1 fully saturated rings. The highest BCUT2D eigenvalue weighted by atomic mass is 35.5. The van der Waals surface area contributed by atoms with Gasteiger partial charge in [0.15, 0.2) is 0 Å². The van der Waals surface area contributed by atoms with Gasteiger partial charge in [-0.3, -0.25) is 4.90 Å². The molecule has 0 saturated carbocycles. The van der Waals surface area contributed by atoms with E-state index in [1.54, 1.807) is 0 Å². The van der Waals surface area contributed by atoms with E-state index in [1.807, 2.05) is 31.3 Å². The van der Waals surface area contributed by atoms with Crippen LogP contribution in [0.5, 0.6) is 5.75 Å². The highest BCUT2D eigenvalue weighted by Gasteiger charge is 2.19. The Morgan fingerprint density at radius 3 is 2.48 bits per heavy atom. The highest BCUT2D eigenvalue weighted by Crippen LogP contribution is 2.32. The average Bonchev–Trinajstić information content (AvgIpc) is 2.77. The summed E-state index contributed by atoms with van der Waals surface area (Å²) in [5.41, 5.74) is 3.39. The number of aryl methyl sites for hydroxylation is 1. The number of rotatable bonds is 8. The van der Waals surface area contributed by atoms with Gasteiger partial charge in [-0.1, -0.05) is 35.3 Å². The molecule has 3 rings (SSSR count). The minimum atomic E-state index is 0.622. The quantitative estimate of drug-likeness (QED) is 0.410. The zero-order chi connectivity index (χ0) is 22.6. The van der Waals surface area contributed by atoms with E-state index in [0.29, 0.717) is 10.0 Å². The number of anilines is 2. The van der Waals surface area contributed by atoms with Gasteiger partial charge in [0.2, 0.25) is 0 Å². The van der Waals surface area contributed by atoms with Gasteiger partial charge in [-0.25, -0.2) is 0 Å². The molecule has 0 aromatic heterocycles. The van der Waals surface area contributed by atoms with Gasteiger partial charge in [0.25, 0.3) is 0 Å². The zero-order valence-corrected chi connectivity index (χ0v) is 20.2. The second kappa shape index (κ2) is 13.5. The standard InChI is InChI=1S/C22H29Cl2N3O.C2H4O/c1-17-8-9-18(16-20(17)25-2)28-15-4-3-10-26-11-13-27(14-12-26)21-7-5-6-19(23)22(21)24;1-2-3/h5-9,16,25H,3-4,10-15H2,1-2H3;2H,1H3. The molecule has 0 atom stereocenters. The molecule has 1 aliphatic rings. The van der Waals surface area contributed by atoms with Crippen LogP contribution in [0.3, 0.4) is 0 Å². The van der Waals surface area contributed by atoms with Crippen molar-refractivity contribution in [1.82, 2.24) is 4.90 Å². The third kappa shape index (κ3) is 7.91. The number of halogens is 2. The molecule has 5 nitrogen and oxygen atoms in total. The third-order valence-corrected chi connectivity index (χ3v) is 6.07. The molecule has 1 N–H and O–H groups in total. The summed E-state index contributed by atoms with van der Waals surface area (Å²) in [6.07, 6.45) is 2.95. The largest absolute Gasteiger partial charge is 0.494 e. The molecule has 0 radical (unpaired) electrons. The Labute approximate surface area is 196 Å². The van der Waals surface area contributed by atoms with Crippen molar-refractivity contribution in [2.24, 2.45) is 0 Å².